The Morgan fingerprint density at radius 2 is 1.76 bits per heavy atom. The molecule has 1 heterocycles. The van der Waals surface area contributed by atoms with E-state index in [2.05, 4.69) is 25.8 Å². The van der Waals surface area contributed by atoms with Crippen LogP contribution in [-0.4, -0.2) is 41.8 Å². The van der Waals surface area contributed by atoms with Gasteiger partial charge in [-0.2, -0.15) is 5.10 Å². The van der Waals surface area contributed by atoms with Gasteiger partial charge in [-0.15, -0.1) is 0 Å². The first-order valence-corrected chi connectivity index (χ1v) is 12.2. The maximum Gasteiger partial charge on any atom is 0.255 e. The Morgan fingerprint density at radius 1 is 0.971 bits per heavy atom. The first-order valence-electron chi connectivity index (χ1n) is 10.5. The van der Waals surface area contributed by atoms with Gasteiger partial charge in [0.05, 0.1) is 5.75 Å². The summed E-state index contributed by atoms with van der Waals surface area (Å²) in [6, 6.07) is 21.8. The van der Waals surface area contributed by atoms with Crippen molar-refractivity contribution in [3.05, 3.63) is 88.9 Å². The Labute approximate surface area is 203 Å². The maximum atomic E-state index is 12.7. The van der Waals surface area contributed by atoms with Crippen LogP contribution in [0.2, 0.25) is 5.02 Å². The van der Waals surface area contributed by atoms with Gasteiger partial charge >= 0.3 is 0 Å². The number of nitrogens with zero attached hydrogens (tertiary/aromatic N) is 2. The van der Waals surface area contributed by atoms with Crippen LogP contribution < -0.4 is 10.6 Å². The highest BCUT2D eigenvalue weighted by molar-refractivity contribution is 7.72. The lowest BCUT2D eigenvalue weighted by atomic mass is 10.1. The van der Waals surface area contributed by atoms with Gasteiger partial charge in [-0.3, -0.25) is 9.89 Å². The van der Waals surface area contributed by atoms with E-state index in [0.717, 1.165) is 16.7 Å². The molecular formula is C24H22ClN5O3S. The van der Waals surface area contributed by atoms with Crippen molar-refractivity contribution in [2.75, 3.05) is 17.6 Å². The van der Waals surface area contributed by atoms with E-state index in [1.165, 1.54) is 0 Å². The quantitative estimate of drug-likeness (QED) is 0.207. The molecule has 0 fully saturated rings. The van der Waals surface area contributed by atoms with E-state index in [-0.39, 0.29) is 11.7 Å². The number of H-pyrrole nitrogens is 1. The number of carbonyl (C=O) groups excluding carboxylic acids is 1. The van der Waals surface area contributed by atoms with E-state index in [4.69, 9.17) is 11.6 Å². The number of halogens is 1. The summed E-state index contributed by atoms with van der Waals surface area (Å²) >= 11 is 6.05. The summed E-state index contributed by atoms with van der Waals surface area (Å²) in [6.45, 7) is 0.848. The van der Waals surface area contributed by atoms with E-state index in [9.17, 15) is 13.2 Å². The second-order valence-electron chi connectivity index (χ2n) is 7.48. The minimum absolute atomic E-state index is 0.0848. The van der Waals surface area contributed by atoms with Crippen LogP contribution in [0.4, 0.5) is 5.69 Å². The molecule has 0 spiro atoms. The summed E-state index contributed by atoms with van der Waals surface area (Å²) in [7, 11) is -2.40. The smallest absolute Gasteiger partial charge is 0.255 e. The molecule has 0 atom stereocenters. The maximum absolute atomic E-state index is 12.7. The first kappa shape index (κ1) is 23.6. The van der Waals surface area contributed by atoms with Crippen molar-refractivity contribution < 1.29 is 13.2 Å². The van der Waals surface area contributed by atoms with Crippen molar-refractivity contribution >= 4 is 33.9 Å². The number of thiol groups is 1. The van der Waals surface area contributed by atoms with E-state index in [0.29, 0.717) is 41.0 Å². The monoisotopic (exact) mass is 495 g/mol. The predicted octanol–water partition coefficient (Wildman–Crippen LogP) is 3.75. The Bertz CT molecular complexity index is 1360. The summed E-state index contributed by atoms with van der Waals surface area (Å²) in [5.41, 5.74) is 3.69. The van der Waals surface area contributed by atoms with Gasteiger partial charge in [-0.25, -0.2) is 13.4 Å². The fourth-order valence-corrected chi connectivity index (χ4v) is 3.82. The molecular weight excluding hydrogens is 474 g/mol. The second-order valence-corrected chi connectivity index (χ2v) is 9.03. The SMILES string of the molecule is O=C(Nc1ccc(-c2nc(-c3cccc(Cl)c3)n[nH]2)cc1)c1cccc(CNCC[SH](=O)=O)c1. The van der Waals surface area contributed by atoms with Crippen molar-refractivity contribution in [2.45, 2.75) is 6.54 Å². The number of benzene rings is 3. The summed E-state index contributed by atoms with van der Waals surface area (Å²) in [6.07, 6.45) is 0. The number of aromatic amines is 1. The summed E-state index contributed by atoms with van der Waals surface area (Å²) in [4.78, 5) is 17.2. The average molecular weight is 496 g/mol. The highest BCUT2D eigenvalue weighted by atomic mass is 35.5. The molecule has 4 aromatic rings. The lowest BCUT2D eigenvalue weighted by Crippen LogP contribution is -2.19. The standard InChI is InChI=1S/C24H22ClN5O3S/c25-20-6-2-4-18(14-20)23-28-22(29-30-23)17-7-9-21(10-8-17)27-24(31)19-5-1-3-16(13-19)15-26-11-12-34(32)33/h1-10,13-14,26,34H,11-12,15H2,(H,27,31)(H,28,29,30). The highest BCUT2D eigenvalue weighted by Crippen LogP contribution is 2.23. The van der Waals surface area contributed by atoms with E-state index >= 15 is 0 Å². The average Bonchev–Trinajstić information content (AvgIpc) is 3.33. The lowest BCUT2D eigenvalue weighted by molar-refractivity contribution is 0.102. The van der Waals surface area contributed by atoms with Crippen molar-refractivity contribution in [3.63, 3.8) is 0 Å². The van der Waals surface area contributed by atoms with Crippen molar-refractivity contribution in [3.8, 4) is 22.8 Å². The van der Waals surface area contributed by atoms with Crippen LogP contribution in [0.1, 0.15) is 15.9 Å². The Hall–Kier alpha value is -3.53. The molecule has 0 saturated heterocycles. The van der Waals surface area contributed by atoms with Crippen LogP contribution in [0.15, 0.2) is 72.8 Å². The number of hydrogen-bond donors (Lipinski definition) is 4. The van der Waals surface area contributed by atoms with Gasteiger partial charge < -0.3 is 10.6 Å². The number of amides is 1. The molecule has 1 aromatic heterocycles. The zero-order valence-electron chi connectivity index (χ0n) is 18.0. The van der Waals surface area contributed by atoms with Crippen LogP contribution in [0, 0.1) is 0 Å². The zero-order chi connectivity index (χ0) is 23.9. The summed E-state index contributed by atoms with van der Waals surface area (Å²) in [5.74, 6) is 1.00. The molecule has 3 aromatic carbocycles. The number of hydrogen-bond acceptors (Lipinski definition) is 6. The van der Waals surface area contributed by atoms with Crippen molar-refractivity contribution in [1.82, 2.24) is 20.5 Å². The van der Waals surface area contributed by atoms with Crippen molar-refractivity contribution in [1.29, 1.82) is 0 Å². The zero-order valence-corrected chi connectivity index (χ0v) is 19.6. The summed E-state index contributed by atoms with van der Waals surface area (Å²) in [5, 5.41) is 13.7. The number of aromatic nitrogens is 3. The molecule has 0 aliphatic rings. The second kappa shape index (κ2) is 11.1. The molecule has 0 saturated carbocycles. The molecule has 8 nitrogen and oxygen atoms in total. The van der Waals surface area contributed by atoms with Crippen molar-refractivity contribution in [2.24, 2.45) is 0 Å². The normalized spacial score (nSPS) is 11.0. The van der Waals surface area contributed by atoms with Crippen LogP contribution in [0.5, 0.6) is 0 Å². The molecule has 34 heavy (non-hydrogen) atoms. The highest BCUT2D eigenvalue weighted by Gasteiger charge is 2.10. The third-order valence-electron chi connectivity index (χ3n) is 4.97. The fourth-order valence-electron chi connectivity index (χ4n) is 3.29. The van der Waals surface area contributed by atoms with E-state index in [1.807, 2.05) is 30.3 Å². The first-order chi connectivity index (χ1) is 16.5. The van der Waals surface area contributed by atoms with Gasteiger partial charge in [0.2, 0.25) is 0 Å². The molecule has 1 amide bonds. The van der Waals surface area contributed by atoms with Gasteiger partial charge in [0.25, 0.3) is 5.91 Å². The molecule has 0 unspecified atom stereocenters. The molecule has 3 N–H and O–H groups in total. The largest absolute Gasteiger partial charge is 0.322 e. The third kappa shape index (κ3) is 6.28. The van der Waals surface area contributed by atoms with Crippen LogP contribution in [0.25, 0.3) is 22.8 Å². The minimum atomic E-state index is -2.40. The number of rotatable bonds is 9. The molecule has 0 radical (unpaired) electrons. The topological polar surface area (TPSA) is 117 Å². The third-order valence-corrected chi connectivity index (χ3v) is 5.80. The molecule has 4 rings (SSSR count). The van der Waals surface area contributed by atoms with Gasteiger partial charge in [0.1, 0.15) is 10.7 Å². The van der Waals surface area contributed by atoms with Gasteiger partial charge in [0.15, 0.2) is 11.6 Å². The Morgan fingerprint density at radius 3 is 2.53 bits per heavy atom. The molecule has 0 aliphatic carbocycles. The Balaban J connectivity index is 1.38. The van der Waals surface area contributed by atoms with E-state index < -0.39 is 10.7 Å². The molecule has 0 bridgehead atoms. The molecule has 0 aliphatic heterocycles. The summed E-state index contributed by atoms with van der Waals surface area (Å²) < 4.78 is 21.3. The number of carbonyl (C=O) groups is 1. The number of nitrogens with one attached hydrogen (secondary N) is 3. The Kier molecular flexibility index (Phi) is 7.69. The molecule has 174 valence electrons. The van der Waals surface area contributed by atoms with E-state index in [1.54, 1.807) is 42.5 Å². The predicted molar refractivity (Wildman–Crippen MR) is 134 cm³/mol. The minimum Gasteiger partial charge on any atom is -0.322 e. The number of anilines is 1. The lowest BCUT2D eigenvalue weighted by Gasteiger charge is -2.08. The van der Waals surface area contributed by atoms with Gasteiger partial charge in [-0.1, -0.05) is 35.9 Å². The fraction of sp³-hybridized carbons (Fsp3) is 0.125. The van der Waals surface area contributed by atoms with Crippen LogP contribution >= 0.6 is 11.6 Å². The van der Waals surface area contributed by atoms with Crippen LogP contribution in [-0.2, 0) is 17.2 Å². The van der Waals surface area contributed by atoms with Gasteiger partial charge in [0, 0.05) is 40.5 Å². The molecule has 10 heteroatoms. The van der Waals surface area contributed by atoms with Gasteiger partial charge in [-0.05, 0) is 54.1 Å². The van der Waals surface area contributed by atoms with Crippen LogP contribution in [0.3, 0.4) is 0 Å².